The molecule has 2 aromatic heterocycles. The van der Waals surface area contributed by atoms with Crippen molar-refractivity contribution in [3.63, 3.8) is 0 Å². The van der Waals surface area contributed by atoms with Crippen LogP contribution in [0.3, 0.4) is 0 Å². The summed E-state index contributed by atoms with van der Waals surface area (Å²) < 4.78 is 2.94. The first kappa shape index (κ1) is 16.7. The van der Waals surface area contributed by atoms with Gasteiger partial charge in [-0.1, -0.05) is 23.7 Å². The van der Waals surface area contributed by atoms with E-state index in [1.165, 1.54) is 17.1 Å². The number of nitrogens with one attached hydrogen (secondary N) is 1. The molecule has 0 saturated carbocycles. The zero-order chi connectivity index (χ0) is 17.8. The number of carboxylic acid groups (broad SMARTS) is 1. The van der Waals surface area contributed by atoms with Crippen LogP contribution >= 0.6 is 11.6 Å². The van der Waals surface area contributed by atoms with Gasteiger partial charge in [-0.05, 0) is 17.7 Å². The van der Waals surface area contributed by atoms with Crippen LogP contribution in [-0.4, -0.2) is 36.5 Å². The molecule has 3 rings (SSSR count). The minimum absolute atomic E-state index is 0.0278. The second kappa shape index (κ2) is 7.18. The van der Waals surface area contributed by atoms with Gasteiger partial charge >= 0.3 is 5.97 Å². The van der Waals surface area contributed by atoms with Gasteiger partial charge < -0.3 is 10.4 Å². The Morgan fingerprint density at radius 1 is 1.16 bits per heavy atom. The van der Waals surface area contributed by atoms with Crippen LogP contribution in [0.2, 0.25) is 5.02 Å². The largest absolute Gasteiger partial charge is 0.478 e. The van der Waals surface area contributed by atoms with Crippen LogP contribution in [0.25, 0.3) is 0 Å². The fourth-order valence-electron chi connectivity index (χ4n) is 2.18. The number of amides is 1. The Bertz CT molecular complexity index is 901. The van der Waals surface area contributed by atoms with Gasteiger partial charge in [-0.15, -0.1) is 0 Å². The molecule has 1 aromatic carbocycles. The van der Waals surface area contributed by atoms with E-state index < -0.39 is 5.97 Å². The monoisotopic (exact) mass is 359 g/mol. The molecule has 0 aliphatic rings. The van der Waals surface area contributed by atoms with E-state index in [1.54, 1.807) is 29.1 Å². The molecule has 1 amide bonds. The molecule has 2 N–H and O–H groups in total. The molecule has 128 valence electrons. The summed E-state index contributed by atoms with van der Waals surface area (Å²) in [5.41, 5.74) is 1.06. The van der Waals surface area contributed by atoms with E-state index >= 15 is 0 Å². The smallest absolute Gasteiger partial charge is 0.338 e. The fourth-order valence-corrected chi connectivity index (χ4v) is 2.31. The molecule has 25 heavy (non-hydrogen) atoms. The summed E-state index contributed by atoms with van der Waals surface area (Å²) in [5, 5.41) is 20.2. The summed E-state index contributed by atoms with van der Waals surface area (Å²) in [6, 6.07) is 9.09. The van der Waals surface area contributed by atoms with Crippen molar-refractivity contribution in [1.82, 2.24) is 19.6 Å². The third-order valence-corrected chi connectivity index (χ3v) is 3.60. The molecule has 0 fully saturated rings. The number of hydrogen-bond donors (Lipinski definition) is 2. The molecule has 0 saturated heterocycles. The number of rotatable bonds is 6. The summed E-state index contributed by atoms with van der Waals surface area (Å²) in [6.07, 6.45) is 4.23. The molecule has 3 aromatic rings. The van der Waals surface area contributed by atoms with Crippen molar-refractivity contribution < 1.29 is 14.7 Å². The lowest BCUT2D eigenvalue weighted by molar-refractivity contribution is -0.116. The van der Waals surface area contributed by atoms with Crippen LogP contribution in [0.5, 0.6) is 0 Å². The van der Waals surface area contributed by atoms with Crippen molar-refractivity contribution in [2.45, 2.75) is 13.1 Å². The van der Waals surface area contributed by atoms with Crippen LogP contribution in [0.4, 0.5) is 5.82 Å². The molecule has 0 aliphatic heterocycles. The first-order valence-corrected chi connectivity index (χ1v) is 7.71. The van der Waals surface area contributed by atoms with Crippen molar-refractivity contribution in [2.75, 3.05) is 5.32 Å². The van der Waals surface area contributed by atoms with Crippen molar-refractivity contribution >= 4 is 29.3 Å². The Hall–Kier alpha value is -3.13. The minimum atomic E-state index is -1.09. The highest BCUT2D eigenvalue weighted by molar-refractivity contribution is 6.30. The van der Waals surface area contributed by atoms with E-state index in [1.807, 2.05) is 12.1 Å². The lowest BCUT2D eigenvalue weighted by Gasteiger charge is -2.03. The van der Waals surface area contributed by atoms with Gasteiger partial charge in [0.1, 0.15) is 6.54 Å². The van der Waals surface area contributed by atoms with Crippen LogP contribution in [-0.2, 0) is 17.9 Å². The Balaban J connectivity index is 1.57. The molecule has 9 heteroatoms. The maximum atomic E-state index is 12.0. The molecule has 2 heterocycles. The van der Waals surface area contributed by atoms with Crippen LogP contribution < -0.4 is 5.32 Å². The molecule has 0 bridgehead atoms. The normalized spacial score (nSPS) is 10.6. The topological polar surface area (TPSA) is 102 Å². The molecule has 0 atom stereocenters. The van der Waals surface area contributed by atoms with Gasteiger partial charge in [-0.2, -0.15) is 10.2 Å². The Labute approximate surface area is 147 Å². The second-order valence-electron chi connectivity index (χ2n) is 5.30. The molecular weight excluding hydrogens is 346 g/mol. The second-order valence-corrected chi connectivity index (χ2v) is 5.74. The first-order chi connectivity index (χ1) is 12.0. The highest BCUT2D eigenvalue weighted by Gasteiger charge is 2.10. The zero-order valence-corrected chi connectivity index (χ0v) is 13.7. The summed E-state index contributed by atoms with van der Waals surface area (Å²) in [4.78, 5) is 22.8. The molecule has 0 radical (unpaired) electrons. The summed E-state index contributed by atoms with van der Waals surface area (Å²) in [5.74, 6) is -1.03. The zero-order valence-electron chi connectivity index (χ0n) is 13.0. The van der Waals surface area contributed by atoms with Gasteiger partial charge in [0, 0.05) is 23.5 Å². The number of halogens is 1. The van der Waals surface area contributed by atoms with Crippen LogP contribution in [0.15, 0.2) is 48.9 Å². The Morgan fingerprint density at radius 2 is 1.92 bits per heavy atom. The predicted molar refractivity (Wildman–Crippen MR) is 90.6 cm³/mol. The van der Waals surface area contributed by atoms with E-state index in [2.05, 4.69) is 15.5 Å². The Kier molecular flexibility index (Phi) is 4.80. The minimum Gasteiger partial charge on any atom is -0.478 e. The number of carboxylic acids is 1. The van der Waals surface area contributed by atoms with E-state index in [0.717, 1.165) is 5.56 Å². The van der Waals surface area contributed by atoms with Crippen LogP contribution in [0.1, 0.15) is 15.9 Å². The summed E-state index contributed by atoms with van der Waals surface area (Å²) in [6.45, 7) is 0.450. The lowest BCUT2D eigenvalue weighted by atomic mass is 10.2. The van der Waals surface area contributed by atoms with Gasteiger partial charge in [0.25, 0.3) is 0 Å². The average molecular weight is 360 g/mol. The average Bonchev–Trinajstić information content (AvgIpc) is 3.19. The molecular formula is C16H14ClN5O3. The van der Waals surface area contributed by atoms with Crippen LogP contribution in [0, 0.1) is 0 Å². The van der Waals surface area contributed by atoms with E-state index in [0.29, 0.717) is 17.4 Å². The summed E-state index contributed by atoms with van der Waals surface area (Å²) in [7, 11) is 0. The predicted octanol–water partition coefficient (Wildman–Crippen LogP) is 2.12. The van der Waals surface area contributed by atoms with Gasteiger partial charge in [0.05, 0.1) is 18.3 Å². The van der Waals surface area contributed by atoms with Gasteiger partial charge in [-0.25, -0.2) is 4.79 Å². The molecule has 0 spiro atoms. The number of benzene rings is 1. The number of carbonyl (C=O) groups excluding carboxylic acids is 1. The molecule has 8 nitrogen and oxygen atoms in total. The number of aromatic carboxylic acids is 1. The molecule has 0 aliphatic carbocycles. The highest BCUT2D eigenvalue weighted by atomic mass is 35.5. The Morgan fingerprint density at radius 3 is 2.60 bits per heavy atom. The van der Waals surface area contributed by atoms with Crippen molar-refractivity contribution in [3.05, 3.63) is 65.1 Å². The third-order valence-electron chi connectivity index (χ3n) is 3.35. The van der Waals surface area contributed by atoms with Crippen molar-refractivity contribution in [1.29, 1.82) is 0 Å². The third kappa shape index (κ3) is 4.45. The number of anilines is 1. The van der Waals surface area contributed by atoms with E-state index in [-0.39, 0.29) is 18.0 Å². The van der Waals surface area contributed by atoms with Gasteiger partial charge in [0.15, 0.2) is 5.82 Å². The van der Waals surface area contributed by atoms with Gasteiger partial charge in [-0.3, -0.25) is 14.2 Å². The maximum Gasteiger partial charge on any atom is 0.338 e. The molecule has 0 unspecified atom stereocenters. The number of hydrogen-bond acceptors (Lipinski definition) is 4. The summed E-state index contributed by atoms with van der Waals surface area (Å²) >= 11 is 5.85. The highest BCUT2D eigenvalue weighted by Crippen LogP contribution is 2.11. The van der Waals surface area contributed by atoms with Crippen molar-refractivity contribution in [3.8, 4) is 0 Å². The lowest BCUT2D eigenvalue weighted by Crippen LogP contribution is -2.19. The standard InChI is InChI=1S/C16H14ClN5O3/c17-13-3-1-11(2-4-13)8-21-6-5-14(20-21)19-15(23)10-22-9-12(7-18-22)16(24)25/h1-7,9H,8,10H2,(H,24,25)(H,19,20,23). The van der Waals surface area contributed by atoms with E-state index in [9.17, 15) is 9.59 Å². The first-order valence-electron chi connectivity index (χ1n) is 7.33. The number of carbonyl (C=O) groups is 2. The number of nitrogens with zero attached hydrogens (tertiary/aromatic N) is 4. The van der Waals surface area contributed by atoms with Crippen molar-refractivity contribution in [2.24, 2.45) is 0 Å². The van der Waals surface area contributed by atoms with E-state index in [4.69, 9.17) is 16.7 Å². The SMILES string of the molecule is O=C(Cn1cc(C(=O)O)cn1)Nc1ccn(Cc2ccc(Cl)cc2)n1. The maximum absolute atomic E-state index is 12.0. The number of aromatic nitrogens is 4. The van der Waals surface area contributed by atoms with Gasteiger partial charge in [0.2, 0.25) is 5.91 Å². The fraction of sp³-hybridized carbons (Fsp3) is 0.125. The quantitative estimate of drug-likeness (QED) is 0.701.